The minimum Gasteiger partial charge on any atom is -0.494 e. The summed E-state index contributed by atoms with van der Waals surface area (Å²) in [5.41, 5.74) is 3.48. The molecule has 0 unspecified atom stereocenters. The number of benzene rings is 1. The van der Waals surface area contributed by atoms with Crippen LogP contribution in [0.15, 0.2) is 53.3 Å². The van der Waals surface area contributed by atoms with E-state index < -0.39 is 11.9 Å². The number of hydrogen-bond acceptors (Lipinski definition) is 11. The predicted octanol–water partition coefficient (Wildman–Crippen LogP) is 2.77. The van der Waals surface area contributed by atoms with E-state index in [1.54, 1.807) is 36.3 Å². The van der Waals surface area contributed by atoms with E-state index >= 15 is 0 Å². The molecule has 1 N–H and O–H groups in total. The summed E-state index contributed by atoms with van der Waals surface area (Å²) in [6.07, 6.45) is 5.15. The molecule has 3 aliphatic rings. The van der Waals surface area contributed by atoms with Crippen molar-refractivity contribution in [2.24, 2.45) is 5.92 Å². The summed E-state index contributed by atoms with van der Waals surface area (Å²) in [6, 6.07) is 9.88. The van der Waals surface area contributed by atoms with Crippen LogP contribution in [0, 0.1) is 19.8 Å². The molecule has 2 amide bonds. The number of carbonyl (C=O) groups is 2. The minimum atomic E-state index is -0.886. The summed E-state index contributed by atoms with van der Waals surface area (Å²) in [6.45, 7) is 8.42. The third kappa shape index (κ3) is 7.82. The molecule has 0 aliphatic carbocycles. The van der Waals surface area contributed by atoms with E-state index in [4.69, 9.17) is 18.7 Å². The van der Waals surface area contributed by atoms with Crippen molar-refractivity contribution in [1.29, 1.82) is 0 Å². The molecule has 48 heavy (non-hydrogen) atoms. The zero-order valence-corrected chi connectivity index (χ0v) is 27.6. The van der Waals surface area contributed by atoms with E-state index in [2.05, 4.69) is 30.7 Å². The molecule has 7 rings (SSSR count). The summed E-state index contributed by atoms with van der Waals surface area (Å²) in [7, 11) is 1.59. The second-order valence-electron chi connectivity index (χ2n) is 12.2. The van der Waals surface area contributed by atoms with Gasteiger partial charge in [0.25, 0.3) is 5.91 Å². The monoisotopic (exact) mass is 658 g/mol. The number of fused-ring (bicyclic) bond motifs is 12. The fourth-order valence-electron chi connectivity index (χ4n) is 6.25. The standard InChI is InChI=1S/C34H42N8O6/c1-23-28(24(2)48-38-23)22-40-15-16-46-17-18-47-33-27(7-6-12-35-33)32(43)36-29(34(44)41-13-10-25(20-40)11-14-41)19-26-21-42(39-37-26)30-8-4-5-9-31(30)45-3/h4-9,12,21,25,29H,10-11,13-20,22H2,1-3H3,(H,36,43)/t29-/m1/s1. The van der Waals surface area contributed by atoms with Gasteiger partial charge in [0, 0.05) is 50.9 Å². The highest BCUT2D eigenvalue weighted by atomic mass is 16.5. The lowest BCUT2D eigenvalue weighted by Crippen LogP contribution is -2.52. The molecule has 14 nitrogen and oxygen atoms in total. The third-order valence-electron chi connectivity index (χ3n) is 8.93. The van der Waals surface area contributed by atoms with E-state index in [0.717, 1.165) is 42.9 Å². The van der Waals surface area contributed by atoms with Crippen molar-refractivity contribution < 1.29 is 28.3 Å². The van der Waals surface area contributed by atoms with Crippen LogP contribution in [-0.4, -0.2) is 106 Å². The highest BCUT2D eigenvalue weighted by Crippen LogP contribution is 2.24. The Bertz CT molecular complexity index is 1680. The SMILES string of the molecule is COc1ccccc1-n1cc(C[C@H]2NC(=O)c3cccnc3OCCOCCN(Cc3c(C)noc3C)CC3CCN(CC3)C2=O)nn1. The van der Waals surface area contributed by atoms with Crippen molar-refractivity contribution in [3.05, 3.63) is 77.1 Å². The summed E-state index contributed by atoms with van der Waals surface area (Å²) in [5.74, 6) is 1.40. The molecule has 1 atom stereocenters. The van der Waals surface area contributed by atoms with Crippen molar-refractivity contribution in [3.63, 3.8) is 0 Å². The summed E-state index contributed by atoms with van der Waals surface area (Å²) >= 11 is 0. The number of methoxy groups -OCH3 is 1. The fourth-order valence-corrected chi connectivity index (χ4v) is 6.25. The lowest BCUT2D eigenvalue weighted by atomic mass is 9.95. The first kappa shape index (κ1) is 33.1. The number of hydrogen-bond donors (Lipinski definition) is 1. The smallest absolute Gasteiger partial charge is 0.257 e. The molecule has 0 spiro atoms. The second-order valence-corrected chi connectivity index (χ2v) is 12.2. The topological polar surface area (TPSA) is 150 Å². The molecule has 3 aliphatic heterocycles. The van der Waals surface area contributed by atoms with Crippen molar-refractivity contribution in [2.45, 2.75) is 45.7 Å². The van der Waals surface area contributed by atoms with Crippen LogP contribution in [0.3, 0.4) is 0 Å². The average Bonchev–Trinajstić information content (AvgIpc) is 3.70. The number of piperidine rings is 1. The van der Waals surface area contributed by atoms with Gasteiger partial charge in [-0.2, -0.15) is 0 Å². The van der Waals surface area contributed by atoms with Gasteiger partial charge in [0.05, 0.1) is 37.9 Å². The normalized spacial score (nSPS) is 20.0. The van der Waals surface area contributed by atoms with Gasteiger partial charge in [-0.15, -0.1) is 5.10 Å². The molecule has 3 aromatic heterocycles. The fraction of sp³-hybridized carbons (Fsp3) is 0.471. The van der Waals surface area contributed by atoms with E-state index in [1.807, 2.05) is 43.0 Å². The highest BCUT2D eigenvalue weighted by molar-refractivity contribution is 5.99. The summed E-state index contributed by atoms with van der Waals surface area (Å²) < 4.78 is 24.4. The van der Waals surface area contributed by atoms with Gasteiger partial charge >= 0.3 is 0 Å². The van der Waals surface area contributed by atoms with Gasteiger partial charge in [0.1, 0.15) is 35.4 Å². The van der Waals surface area contributed by atoms with Gasteiger partial charge in [-0.3, -0.25) is 14.5 Å². The van der Waals surface area contributed by atoms with Crippen LogP contribution in [0.5, 0.6) is 11.6 Å². The van der Waals surface area contributed by atoms with Gasteiger partial charge in [0.2, 0.25) is 11.8 Å². The molecular weight excluding hydrogens is 616 g/mol. The van der Waals surface area contributed by atoms with Crippen LogP contribution >= 0.6 is 0 Å². The Balaban J connectivity index is 1.23. The molecule has 6 heterocycles. The van der Waals surface area contributed by atoms with Crippen molar-refractivity contribution in [1.82, 2.24) is 40.3 Å². The molecular formula is C34H42N8O6. The lowest BCUT2D eigenvalue weighted by Gasteiger charge is -2.36. The molecule has 1 fully saturated rings. The maximum atomic E-state index is 14.1. The number of para-hydroxylation sites is 2. The summed E-state index contributed by atoms with van der Waals surface area (Å²) in [5, 5.41) is 15.7. The Morgan fingerprint density at radius 3 is 2.65 bits per heavy atom. The molecule has 0 radical (unpaired) electrons. The van der Waals surface area contributed by atoms with Gasteiger partial charge in [-0.05, 0) is 56.9 Å². The largest absolute Gasteiger partial charge is 0.494 e. The Kier molecular flexibility index (Phi) is 10.6. The molecule has 1 saturated heterocycles. The summed E-state index contributed by atoms with van der Waals surface area (Å²) in [4.78, 5) is 36.3. The number of aromatic nitrogens is 5. The van der Waals surface area contributed by atoms with Crippen molar-refractivity contribution in [3.8, 4) is 17.3 Å². The number of nitrogens with one attached hydrogen (secondary N) is 1. The Hall–Kier alpha value is -4.82. The lowest BCUT2D eigenvalue weighted by molar-refractivity contribution is -0.134. The maximum Gasteiger partial charge on any atom is 0.257 e. The van der Waals surface area contributed by atoms with Crippen LogP contribution in [0.25, 0.3) is 5.69 Å². The number of nitrogens with zero attached hydrogens (tertiary/aromatic N) is 7. The Labute approximate surface area is 279 Å². The Morgan fingerprint density at radius 1 is 1.02 bits per heavy atom. The predicted molar refractivity (Wildman–Crippen MR) is 174 cm³/mol. The average molecular weight is 659 g/mol. The Morgan fingerprint density at radius 2 is 1.85 bits per heavy atom. The van der Waals surface area contributed by atoms with Gasteiger partial charge in [-0.1, -0.05) is 22.5 Å². The molecule has 254 valence electrons. The van der Waals surface area contributed by atoms with Crippen LogP contribution in [-0.2, 0) is 22.5 Å². The zero-order valence-electron chi connectivity index (χ0n) is 27.6. The second kappa shape index (κ2) is 15.4. The molecule has 0 saturated carbocycles. The molecule has 14 heteroatoms. The van der Waals surface area contributed by atoms with Crippen LogP contribution in [0.2, 0.25) is 0 Å². The molecule has 2 bridgehead atoms. The number of aryl methyl sites for hydroxylation is 2. The first-order valence-electron chi connectivity index (χ1n) is 16.3. The first-order chi connectivity index (χ1) is 23.4. The number of amides is 2. The third-order valence-corrected chi connectivity index (χ3v) is 8.93. The molecule has 4 aromatic rings. The van der Waals surface area contributed by atoms with Gasteiger partial charge in [0.15, 0.2) is 0 Å². The van der Waals surface area contributed by atoms with Crippen LogP contribution in [0.1, 0.15) is 45.9 Å². The number of rotatable bonds is 6. The maximum absolute atomic E-state index is 14.1. The van der Waals surface area contributed by atoms with Crippen LogP contribution < -0.4 is 14.8 Å². The van der Waals surface area contributed by atoms with E-state index in [-0.39, 0.29) is 30.4 Å². The molecule has 1 aromatic carbocycles. The van der Waals surface area contributed by atoms with E-state index in [1.165, 1.54) is 0 Å². The van der Waals surface area contributed by atoms with E-state index in [9.17, 15) is 9.59 Å². The quantitative estimate of drug-likeness (QED) is 0.305. The number of ether oxygens (including phenoxy) is 3. The van der Waals surface area contributed by atoms with E-state index in [0.29, 0.717) is 55.9 Å². The number of pyridine rings is 1. The first-order valence-corrected chi connectivity index (χ1v) is 16.3. The number of carbonyl (C=O) groups excluding carboxylic acids is 2. The van der Waals surface area contributed by atoms with Crippen molar-refractivity contribution in [2.75, 3.05) is 53.1 Å². The van der Waals surface area contributed by atoms with Crippen LogP contribution in [0.4, 0.5) is 0 Å². The van der Waals surface area contributed by atoms with Gasteiger partial charge < -0.3 is 29.0 Å². The minimum absolute atomic E-state index is 0.148. The van der Waals surface area contributed by atoms with Crippen molar-refractivity contribution >= 4 is 11.8 Å². The highest BCUT2D eigenvalue weighted by Gasteiger charge is 2.32. The zero-order chi connectivity index (χ0) is 33.5. The van der Waals surface area contributed by atoms with Gasteiger partial charge in [-0.25, -0.2) is 9.67 Å².